The molecular weight excluding hydrogens is 1180 g/mol. The monoisotopic (exact) mass is 1350 g/mol. The summed E-state index contributed by atoms with van der Waals surface area (Å²) < 4.78 is 0. The Kier molecular flexibility index (Phi) is 61.2. The van der Waals surface area contributed by atoms with Crippen molar-refractivity contribution in [1.82, 2.24) is 92.4 Å². The first-order valence-electron chi connectivity index (χ1n) is 40.3. The molecule has 9 rings (SSSR count). The number of piperidine rings is 6. The van der Waals surface area contributed by atoms with Crippen molar-refractivity contribution in [2.75, 3.05) is 269 Å². The lowest BCUT2D eigenvalue weighted by atomic mass is 9.85. The topological polar surface area (TPSA) is 146 Å². The predicted molar refractivity (Wildman–Crippen MR) is 421 cm³/mol. The number of piperazine rings is 1. The van der Waals surface area contributed by atoms with E-state index >= 15 is 0 Å². The molecule has 0 amide bonds. The van der Waals surface area contributed by atoms with Gasteiger partial charge in [-0.25, -0.2) is 0 Å². The van der Waals surface area contributed by atoms with Gasteiger partial charge in [-0.2, -0.15) is 0 Å². The van der Waals surface area contributed by atoms with E-state index in [1.807, 2.05) is 42.3 Å². The van der Waals surface area contributed by atoms with Gasteiger partial charge in [0.25, 0.3) is 0 Å². The molecule has 0 spiro atoms. The van der Waals surface area contributed by atoms with Crippen LogP contribution < -0.4 is 53.2 Å². The molecule has 10 N–H and O–H groups in total. The smallest absolute Gasteiger partial charge is 0.0110 e. The minimum Gasteiger partial charge on any atom is -0.320 e. The fraction of sp³-hybridized carbons (Fsp3) is 1.00. The summed E-state index contributed by atoms with van der Waals surface area (Å²) in [6, 6.07) is 3.18. The molecule has 0 aromatic carbocycles. The first-order chi connectivity index (χ1) is 46.1. The van der Waals surface area contributed by atoms with Crippen molar-refractivity contribution in [3.8, 4) is 0 Å². The maximum absolute atomic E-state index is 3.35. The lowest BCUT2D eigenvalue weighted by Gasteiger charge is -2.32. The van der Waals surface area contributed by atoms with Crippen molar-refractivity contribution in [1.29, 1.82) is 0 Å². The molecule has 18 heteroatoms. The van der Waals surface area contributed by atoms with E-state index in [9.17, 15) is 0 Å². The SMILES string of the molecule is CCC1CCC(NC)CC1.CCCN1CCC(NC)CC1.CCN1CCC(CNC)CC1.CNC1CCN(C)CC1.CNCC1CCC(NC)CC1.CNCC1CCN(C)CC1.CNCCC1CCN(C)CC1.CNCCC1CCN(C)CC1.CNCCN1CCN(C)CC1. The van der Waals surface area contributed by atoms with Gasteiger partial charge in [0.05, 0.1) is 0 Å². The number of likely N-dealkylation sites (N-methyl/N-ethyl adjacent to an activating group) is 2. The zero-order valence-electron chi connectivity index (χ0n) is 67.0. The molecule has 570 valence electrons. The highest BCUT2D eigenvalue weighted by Crippen LogP contribution is 2.27. The van der Waals surface area contributed by atoms with Gasteiger partial charge in [0.1, 0.15) is 0 Å². The zero-order valence-corrected chi connectivity index (χ0v) is 67.0. The second-order valence-electron chi connectivity index (χ2n) is 30.5. The average Bonchev–Trinajstić information content (AvgIpc) is 3.61. The van der Waals surface area contributed by atoms with Gasteiger partial charge in [-0.1, -0.05) is 27.2 Å². The highest BCUT2D eigenvalue weighted by molar-refractivity contribution is 4.80. The maximum atomic E-state index is 3.35. The van der Waals surface area contributed by atoms with Crippen LogP contribution >= 0.6 is 0 Å². The van der Waals surface area contributed by atoms with Crippen molar-refractivity contribution in [2.45, 2.75) is 199 Å². The largest absolute Gasteiger partial charge is 0.320 e. The van der Waals surface area contributed by atoms with Crippen molar-refractivity contribution in [2.24, 2.45) is 35.5 Å². The van der Waals surface area contributed by atoms with E-state index in [-0.39, 0.29) is 0 Å². The van der Waals surface area contributed by atoms with Crippen LogP contribution in [0.4, 0.5) is 0 Å². The Morgan fingerprint density at radius 1 is 0.253 bits per heavy atom. The Morgan fingerprint density at radius 3 is 0.863 bits per heavy atom. The zero-order chi connectivity index (χ0) is 70.1. The number of hydrogen-bond acceptors (Lipinski definition) is 18. The summed E-state index contributed by atoms with van der Waals surface area (Å²) in [5, 5.41) is 32.7. The van der Waals surface area contributed by atoms with Crippen LogP contribution in [-0.2, 0) is 0 Å². The first-order valence-corrected chi connectivity index (χ1v) is 40.3. The number of rotatable bonds is 23. The van der Waals surface area contributed by atoms with Gasteiger partial charge in [0.2, 0.25) is 0 Å². The molecular formula is C77H172N18. The Hall–Kier alpha value is -0.720. The van der Waals surface area contributed by atoms with Crippen LogP contribution in [0.3, 0.4) is 0 Å². The van der Waals surface area contributed by atoms with Crippen LogP contribution in [0.1, 0.15) is 175 Å². The lowest BCUT2D eigenvalue weighted by molar-refractivity contribution is 0.155. The van der Waals surface area contributed by atoms with Crippen LogP contribution in [-0.4, -0.2) is 333 Å². The van der Waals surface area contributed by atoms with Gasteiger partial charge in [-0.15, -0.1) is 0 Å². The molecule has 0 aromatic rings. The van der Waals surface area contributed by atoms with Gasteiger partial charge in [0, 0.05) is 63.4 Å². The molecule has 18 nitrogen and oxygen atoms in total. The van der Waals surface area contributed by atoms with Crippen molar-refractivity contribution >= 4 is 0 Å². The summed E-state index contributed by atoms with van der Waals surface area (Å²) in [7, 11) is 31.5. The maximum Gasteiger partial charge on any atom is 0.0110 e. The molecule has 0 radical (unpaired) electrons. The van der Waals surface area contributed by atoms with Gasteiger partial charge in [-0.05, 0) is 413 Å². The minimum atomic E-state index is 0.779. The molecule has 2 saturated carbocycles. The number of hydrogen-bond donors (Lipinski definition) is 10. The van der Waals surface area contributed by atoms with Gasteiger partial charge >= 0.3 is 0 Å². The molecule has 9 fully saturated rings. The van der Waals surface area contributed by atoms with Gasteiger partial charge in [-0.3, -0.25) is 4.90 Å². The van der Waals surface area contributed by atoms with Crippen molar-refractivity contribution in [3.05, 3.63) is 0 Å². The van der Waals surface area contributed by atoms with Crippen LogP contribution in [0.5, 0.6) is 0 Å². The molecule has 0 bridgehead atoms. The van der Waals surface area contributed by atoms with Gasteiger partial charge in [0.15, 0.2) is 0 Å². The standard InChI is InChI=1S/5C9H20N2.C9H19N.C8H19N3.C8H18N2.C7H16N2/c2*1-10-6-3-9-4-7-11(2)8-5-9;1-10-7-8-3-5-9(11-2)6-4-8;1-3-11-6-4-9(5-7-11)8-10-2;1-3-6-11-7-4-9(10-2)5-8-11;1-3-8-4-6-9(10-2)7-5-8;1-9-3-4-11-7-5-10(2)6-8-11;1-9-7-8-3-5-10(2)6-4-8;1-8-7-3-5-9(2)6-4-7/h2*9-10H,3-8H2,1-2H3;8-11H,3-7H2,1-2H3;2*9-10H,3-8H2,1-2H3;8-10H,3-7H2,1-2H3;9H,3-8H2,1-2H3;8-9H,3-7H2,1-2H3;7-8H,3-6H2,1-2H3. The summed E-state index contributed by atoms with van der Waals surface area (Å²) in [6.45, 7) is 38.0. The predicted octanol–water partition coefficient (Wildman–Crippen LogP) is 7.35. The van der Waals surface area contributed by atoms with E-state index in [0.717, 1.165) is 66.2 Å². The third kappa shape index (κ3) is 49.5. The fourth-order valence-corrected chi connectivity index (χ4v) is 15.0. The molecule has 9 aliphatic rings. The van der Waals surface area contributed by atoms with Crippen LogP contribution in [0, 0.1) is 35.5 Å². The number of likely N-dealkylation sites (tertiary alicyclic amines) is 6. The average molecular weight is 1350 g/mol. The van der Waals surface area contributed by atoms with E-state index in [1.54, 1.807) is 0 Å². The Balaban J connectivity index is 0.000000535. The summed E-state index contributed by atoms with van der Waals surface area (Å²) in [5.74, 6) is 5.80. The molecule has 0 aromatic heterocycles. The summed E-state index contributed by atoms with van der Waals surface area (Å²) in [4.78, 5) is 19.6. The minimum absolute atomic E-state index is 0.779. The van der Waals surface area contributed by atoms with E-state index in [4.69, 9.17) is 0 Å². The lowest BCUT2D eigenvalue weighted by Crippen LogP contribution is -2.46. The normalized spacial score (nSPS) is 25.1. The molecule has 0 unspecified atom stereocenters. The Bertz CT molecular complexity index is 1390. The highest BCUT2D eigenvalue weighted by Gasteiger charge is 2.23. The molecule has 95 heavy (non-hydrogen) atoms. The van der Waals surface area contributed by atoms with E-state index in [0.29, 0.717) is 0 Å². The van der Waals surface area contributed by atoms with E-state index in [1.165, 1.54) is 311 Å². The molecule has 7 heterocycles. The summed E-state index contributed by atoms with van der Waals surface area (Å²) in [6.07, 6.45) is 33.0. The molecule has 7 aliphatic heterocycles. The third-order valence-electron chi connectivity index (χ3n) is 22.8. The highest BCUT2D eigenvalue weighted by atomic mass is 15.2. The Morgan fingerprint density at radius 2 is 0.537 bits per heavy atom. The van der Waals surface area contributed by atoms with E-state index < -0.39 is 0 Å². The molecule has 2 aliphatic carbocycles. The second kappa shape index (κ2) is 63.0. The Labute approximate surface area is 593 Å². The fourth-order valence-electron chi connectivity index (χ4n) is 15.0. The third-order valence-corrected chi connectivity index (χ3v) is 22.8. The van der Waals surface area contributed by atoms with E-state index in [2.05, 4.69) is 177 Å². The van der Waals surface area contributed by atoms with Gasteiger partial charge < -0.3 is 87.5 Å². The van der Waals surface area contributed by atoms with Crippen molar-refractivity contribution < 1.29 is 0 Å². The summed E-state index contributed by atoms with van der Waals surface area (Å²) in [5.41, 5.74) is 0. The summed E-state index contributed by atoms with van der Waals surface area (Å²) >= 11 is 0. The van der Waals surface area contributed by atoms with Crippen LogP contribution in [0.15, 0.2) is 0 Å². The number of nitrogens with one attached hydrogen (secondary N) is 10. The van der Waals surface area contributed by atoms with Crippen LogP contribution in [0.25, 0.3) is 0 Å². The van der Waals surface area contributed by atoms with Crippen LogP contribution in [0.2, 0.25) is 0 Å². The number of nitrogens with zero attached hydrogens (tertiary/aromatic N) is 8. The van der Waals surface area contributed by atoms with Crippen molar-refractivity contribution in [3.63, 3.8) is 0 Å². The molecule has 7 saturated heterocycles. The first kappa shape index (κ1) is 92.3. The molecule has 0 atom stereocenters. The second-order valence-corrected chi connectivity index (χ2v) is 30.5. The quantitative estimate of drug-likeness (QED) is 0.0497.